The molecule has 1 atom stereocenters. The second kappa shape index (κ2) is 4.37. The first kappa shape index (κ1) is 10.6. The summed E-state index contributed by atoms with van der Waals surface area (Å²) in [7, 11) is 0. The Balaban J connectivity index is 1.86. The molecule has 88 valence electrons. The van der Waals surface area contributed by atoms with Crippen LogP contribution in [0, 0.1) is 0 Å². The van der Waals surface area contributed by atoms with E-state index >= 15 is 0 Å². The van der Waals surface area contributed by atoms with Crippen LogP contribution >= 0.6 is 11.8 Å². The van der Waals surface area contributed by atoms with Gasteiger partial charge < -0.3 is 10.3 Å². The minimum Gasteiger partial charge on any atom is -0.326 e. The van der Waals surface area contributed by atoms with E-state index in [4.69, 9.17) is 5.73 Å². The predicted octanol–water partition coefficient (Wildman–Crippen LogP) is 1.16. The molecule has 0 aromatic carbocycles. The van der Waals surface area contributed by atoms with E-state index in [9.17, 15) is 0 Å². The van der Waals surface area contributed by atoms with Gasteiger partial charge in [-0.15, -0.1) is 10.2 Å². The van der Waals surface area contributed by atoms with E-state index in [2.05, 4.69) is 26.5 Å². The summed E-state index contributed by atoms with van der Waals surface area (Å²) in [5.74, 6) is 5.49. The molecule has 3 rings (SSSR count). The van der Waals surface area contributed by atoms with Gasteiger partial charge in [-0.1, -0.05) is 0 Å². The molecule has 1 unspecified atom stereocenters. The zero-order valence-corrected chi connectivity index (χ0v) is 10.2. The van der Waals surface area contributed by atoms with Crippen molar-refractivity contribution in [2.45, 2.75) is 44.2 Å². The quantitative estimate of drug-likeness (QED) is 0.797. The average Bonchev–Trinajstić information content (AvgIpc) is 2.73. The van der Waals surface area contributed by atoms with Crippen LogP contribution in [0.1, 0.15) is 36.8 Å². The second-order valence-corrected chi connectivity index (χ2v) is 6.00. The van der Waals surface area contributed by atoms with Gasteiger partial charge in [-0.05, 0) is 30.8 Å². The van der Waals surface area contributed by atoms with Crippen molar-refractivity contribution in [2.75, 3.05) is 11.5 Å². The smallest absolute Gasteiger partial charge is 0.136 e. The normalized spacial score (nSPS) is 26.7. The van der Waals surface area contributed by atoms with E-state index in [1.165, 1.54) is 30.2 Å². The molecule has 3 heterocycles. The number of aryl methyl sites for hydroxylation is 1. The summed E-state index contributed by atoms with van der Waals surface area (Å²) >= 11 is 2.05. The molecule has 1 saturated heterocycles. The fourth-order valence-electron chi connectivity index (χ4n) is 2.63. The number of fused-ring (bicyclic) bond motifs is 1. The lowest BCUT2D eigenvalue weighted by atomic mass is 10.0. The Labute approximate surface area is 100.0 Å². The molecule has 0 saturated carbocycles. The van der Waals surface area contributed by atoms with Gasteiger partial charge in [-0.25, -0.2) is 0 Å². The van der Waals surface area contributed by atoms with Crippen LogP contribution in [0.2, 0.25) is 0 Å². The van der Waals surface area contributed by atoms with Crippen LogP contribution < -0.4 is 5.73 Å². The third-order valence-corrected chi connectivity index (χ3v) is 4.65. The van der Waals surface area contributed by atoms with Crippen LogP contribution in [0.5, 0.6) is 0 Å². The van der Waals surface area contributed by atoms with Crippen LogP contribution in [0.15, 0.2) is 0 Å². The molecule has 0 amide bonds. The Morgan fingerprint density at radius 2 is 2.00 bits per heavy atom. The summed E-state index contributed by atoms with van der Waals surface area (Å²) in [4.78, 5) is 0. The van der Waals surface area contributed by atoms with Crippen molar-refractivity contribution >= 4 is 11.8 Å². The fraction of sp³-hybridized carbons (Fsp3) is 0.818. The molecule has 1 aromatic rings. The minimum absolute atomic E-state index is 0.292. The van der Waals surface area contributed by atoms with E-state index in [1.54, 1.807) is 0 Å². The Morgan fingerprint density at radius 3 is 2.81 bits per heavy atom. The molecule has 5 heteroatoms. The highest BCUT2D eigenvalue weighted by Crippen LogP contribution is 2.31. The minimum atomic E-state index is 0.292. The first-order valence-electron chi connectivity index (χ1n) is 6.10. The van der Waals surface area contributed by atoms with Crippen LogP contribution in [0.25, 0.3) is 0 Å². The van der Waals surface area contributed by atoms with Crippen LogP contribution in [-0.4, -0.2) is 32.3 Å². The van der Waals surface area contributed by atoms with Crippen molar-refractivity contribution in [3.63, 3.8) is 0 Å². The summed E-state index contributed by atoms with van der Waals surface area (Å²) in [6.07, 6.45) is 4.55. The van der Waals surface area contributed by atoms with Gasteiger partial charge in [0, 0.05) is 24.9 Å². The summed E-state index contributed by atoms with van der Waals surface area (Å²) in [6, 6.07) is 0.292. The Morgan fingerprint density at radius 1 is 1.19 bits per heavy atom. The lowest BCUT2D eigenvalue weighted by Gasteiger charge is -2.25. The summed E-state index contributed by atoms with van der Waals surface area (Å²) in [5, 5.41) is 8.72. The highest BCUT2D eigenvalue weighted by Gasteiger charge is 2.26. The lowest BCUT2D eigenvalue weighted by molar-refractivity contribution is 0.428. The average molecular weight is 238 g/mol. The van der Waals surface area contributed by atoms with Crippen LogP contribution in [0.4, 0.5) is 0 Å². The lowest BCUT2D eigenvalue weighted by Crippen LogP contribution is -2.33. The molecule has 0 spiro atoms. The number of hydrogen-bond acceptors (Lipinski definition) is 4. The van der Waals surface area contributed by atoms with Gasteiger partial charge in [-0.2, -0.15) is 11.8 Å². The largest absolute Gasteiger partial charge is 0.326 e. The maximum Gasteiger partial charge on any atom is 0.136 e. The Bertz CT molecular complexity index is 370. The van der Waals surface area contributed by atoms with Gasteiger partial charge in [0.2, 0.25) is 0 Å². The second-order valence-electron chi connectivity index (χ2n) is 4.77. The van der Waals surface area contributed by atoms with Crippen molar-refractivity contribution in [2.24, 2.45) is 5.73 Å². The monoisotopic (exact) mass is 238 g/mol. The summed E-state index contributed by atoms with van der Waals surface area (Å²) < 4.78 is 2.29. The van der Waals surface area contributed by atoms with Crippen molar-refractivity contribution in [3.05, 3.63) is 11.6 Å². The topological polar surface area (TPSA) is 56.7 Å². The van der Waals surface area contributed by atoms with Gasteiger partial charge in [0.05, 0.1) is 0 Å². The number of nitrogens with two attached hydrogens (primary N) is 1. The number of nitrogens with zero attached hydrogens (tertiary/aromatic N) is 3. The fourth-order valence-corrected chi connectivity index (χ4v) is 3.74. The van der Waals surface area contributed by atoms with Crippen molar-refractivity contribution in [1.82, 2.24) is 14.8 Å². The number of thioether (sulfide) groups is 1. The third-order valence-electron chi connectivity index (χ3n) is 3.60. The van der Waals surface area contributed by atoms with Crippen molar-refractivity contribution in [3.8, 4) is 0 Å². The SMILES string of the molecule is NC1CCc2nnc(C3CCSCC3)n2C1. The Kier molecular flexibility index (Phi) is 2.90. The number of hydrogen-bond donors (Lipinski definition) is 1. The standard InChI is InChI=1S/C11H18N4S/c12-9-1-2-10-13-14-11(15(10)7-9)8-3-5-16-6-4-8/h8-9H,1-7,12H2. The van der Waals surface area contributed by atoms with E-state index in [0.717, 1.165) is 25.2 Å². The molecular weight excluding hydrogens is 220 g/mol. The molecule has 1 aromatic heterocycles. The van der Waals surface area contributed by atoms with E-state index in [0.29, 0.717) is 12.0 Å². The zero-order chi connectivity index (χ0) is 11.0. The molecule has 0 radical (unpaired) electrons. The Hall–Kier alpha value is -0.550. The molecule has 0 bridgehead atoms. The van der Waals surface area contributed by atoms with Gasteiger partial charge >= 0.3 is 0 Å². The van der Waals surface area contributed by atoms with E-state index < -0.39 is 0 Å². The van der Waals surface area contributed by atoms with Crippen LogP contribution in [0.3, 0.4) is 0 Å². The molecule has 4 nitrogen and oxygen atoms in total. The van der Waals surface area contributed by atoms with Gasteiger partial charge in [0.1, 0.15) is 11.6 Å². The maximum absolute atomic E-state index is 6.03. The first-order chi connectivity index (χ1) is 7.84. The summed E-state index contributed by atoms with van der Waals surface area (Å²) in [5.41, 5.74) is 6.03. The van der Waals surface area contributed by atoms with Crippen LogP contribution in [-0.2, 0) is 13.0 Å². The highest BCUT2D eigenvalue weighted by atomic mass is 32.2. The van der Waals surface area contributed by atoms with Crippen molar-refractivity contribution in [1.29, 1.82) is 0 Å². The zero-order valence-electron chi connectivity index (χ0n) is 9.43. The van der Waals surface area contributed by atoms with E-state index in [1.807, 2.05) is 0 Å². The molecule has 0 aliphatic carbocycles. The predicted molar refractivity (Wildman–Crippen MR) is 65.6 cm³/mol. The van der Waals surface area contributed by atoms with Crippen molar-refractivity contribution < 1.29 is 0 Å². The van der Waals surface area contributed by atoms with Gasteiger partial charge in [0.25, 0.3) is 0 Å². The molecule has 2 aliphatic rings. The molecular formula is C11H18N4S. The molecule has 2 N–H and O–H groups in total. The molecule has 2 aliphatic heterocycles. The first-order valence-corrected chi connectivity index (χ1v) is 7.25. The number of rotatable bonds is 1. The van der Waals surface area contributed by atoms with Gasteiger partial charge in [0.15, 0.2) is 0 Å². The van der Waals surface area contributed by atoms with E-state index in [-0.39, 0.29) is 0 Å². The molecule has 16 heavy (non-hydrogen) atoms. The third kappa shape index (κ3) is 1.86. The number of aromatic nitrogens is 3. The van der Waals surface area contributed by atoms with Gasteiger partial charge in [-0.3, -0.25) is 0 Å². The maximum atomic E-state index is 6.03. The summed E-state index contributed by atoms with van der Waals surface area (Å²) in [6.45, 7) is 0.918. The highest BCUT2D eigenvalue weighted by molar-refractivity contribution is 7.99. The molecule has 1 fully saturated rings.